The zero-order valence-corrected chi connectivity index (χ0v) is 15.6. The van der Waals surface area contributed by atoms with E-state index >= 15 is 0 Å². The average Bonchev–Trinajstić information content (AvgIpc) is 3.02. The van der Waals surface area contributed by atoms with Crippen LogP contribution in [0.3, 0.4) is 0 Å². The number of halogens is 4. The number of nitrogens with one attached hydrogen (secondary N) is 1. The molecular weight excluding hydrogens is 467 g/mol. The molecule has 2 aromatic carbocycles. The van der Waals surface area contributed by atoms with Gasteiger partial charge in [0.1, 0.15) is 11.6 Å². The van der Waals surface area contributed by atoms with Crippen LogP contribution in [0.1, 0.15) is 10.6 Å². The predicted molar refractivity (Wildman–Crippen MR) is 101 cm³/mol. The summed E-state index contributed by atoms with van der Waals surface area (Å²) in [5.74, 6) is -0.630. The molecule has 0 spiro atoms. The van der Waals surface area contributed by atoms with Gasteiger partial charge in [-0.2, -0.15) is 0 Å². The zero-order chi connectivity index (χ0) is 17.3. The fourth-order valence-corrected chi connectivity index (χ4v) is 2.90. The summed E-state index contributed by atoms with van der Waals surface area (Å²) < 4.78 is 20.1. The van der Waals surface area contributed by atoms with Crippen molar-refractivity contribution < 1.29 is 13.6 Å². The molecule has 0 bridgehead atoms. The molecule has 7 heteroatoms. The molecule has 0 atom stereocenters. The molecule has 1 N–H and O–H groups in total. The third kappa shape index (κ3) is 3.74. The Morgan fingerprint density at radius 3 is 2.62 bits per heavy atom. The fourth-order valence-electron chi connectivity index (χ4n) is 2.07. The molecule has 0 aliphatic heterocycles. The van der Waals surface area contributed by atoms with Gasteiger partial charge in [-0.1, -0.05) is 23.2 Å². The van der Waals surface area contributed by atoms with Crippen molar-refractivity contribution in [2.24, 2.45) is 0 Å². The van der Waals surface area contributed by atoms with Crippen molar-refractivity contribution in [3.8, 4) is 11.3 Å². The van der Waals surface area contributed by atoms with Gasteiger partial charge in [0.2, 0.25) is 0 Å². The van der Waals surface area contributed by atoms with Gasteiger partial charge in [0.05, 0.1) is 10.7 Å². The van der Waals surface area contributed by atoms with Crippen molar-refractivity contribution in [3.05, 3.63) is 73.7 Å². The highest BCUT2D eigenvalue weighted by Crippen LogP contribution is 2.32. The Bertz CT molecular complexity index is 927. The Kier molecular flexibility index (Phi) is 5.12. The van der Waals surface area contributed by atoms with Crippen LogP contribution in [0.4, 0.5) is 10.1 Å². The summed E-state index contributed by atoms with van der Waals surface area (Å²) >= 11 is 14.1. The van der Waals surface area contributed by atoms with E-state index in [1.165, 1.54) is 18.2 Å². The topological polar surface area (TPSA) is 42.2 Å². The molecule has 0 unspecified atom stereocenters. The second-order valence-corrected chi connectivity index (χ2v) is 6.96. The van der Waals surface area contributed by atoms with Gasteiger partial charge in [0.25, 0.3) is 5.91 Å². The van der Waals surface area contributed by atoms with Gasteiger partial charge in [-0.05, 0) is 71.1 Å². The van der Waals surface area contributed by atoms with Crippen LogP contribution in [0.15, 0.2) is 52.9 Å². The molecule has 1 amide bonds. The first-order valence-corrected chi connectivity index (χ1v) is 8.59. The Morgan fingerprint density at radius 1 is 1.08 bits per heavy atom. The second-order valence-electron chi connectivity index (χ2n) is 4.87. The Hall–Kier alpha value is -1.57. The molecule has 0 aliphatic carbocycles. The smallest absolute Gasteiger partial charge is 0.291 e. The molecular formula is C17H9Cl2FINO2. The number of amides is 1. The van der Waals surface area contributed by atoms with Crippen molar-refractivity contribution in [1.29, 1.82) is 0 Å². The molecule has 0 radical (unpaired) electrons. The highest BCUT2D eigenvalue weighted by molar-refractivity contribution is 14.1. The molecule has 3 nitrogen and oxygen atoms in total. The van der Waals surface area contributed by atoms with Crippen LogP contribution in [-0.2, 0) is 0 Å². The first kappa shape index (κ1) is 17.3. The van der Waals surface area contributed by atoms with Crippen molar-refractivity contribution in [2.45, 2.75) is 0 Å². The number of carbonyl (C=O) groups is 1. The lowest BCUT2D eigenvalue weighted by Crippen LogP contribution is -2.12. The Balaban J connectivity index is 1.85. The number of carbonyl (C=O) groups excluding carboxylic acids is 1. The summed E-state index contributed by atoms with van der Waals surface area (Å²) in [5.41, 5.74) is 0.655. The molecule has 0 fully saturated rings. The number of hydrogen-bond donors (Lipinski definition) is 1. The van der Waals surface area contributed by atoms with Gasteiger partial charge in [-0.15, -0.1) is 0 Å². The lowest BCUT2D eigenvalue weighted by atomic mass is 10.2. The molecule has 1 aromatic heterocycles. The summed E-state index contributed by atoms with van der Waals surface area (Å²) in [6, 6.07) is 12.6. The van der Waals surface area contributed by atoms with Crippen LogP contribution in [0.2, 0.25) is 10.0 Å². The molecule has 122 valence electrons. The van der Waals surface area contributed by atoms with E-state index in [0.29, 0.717) is 21.4 Å². The number of rotatable bonds is 3. The highest BCUT2D eigenvalue weighted by Gasteiger charge is 2.16. The minimum Gasteiger partial charge on any atom is -0.451 e. The average molecular weight is 476 g/mol. The van der Waals surface area contributed by atoms with Crippen LogP contribution < -0.4 is 5.32 Å². The number of benzene rings is 2. The van der Waals surface area contributed by atoms with E-state index in [2.05, 4.69) is 5.32 Å². The Labute approximate surface area is 160 Å². The van der Waals surface area contributed by atoms with Crippen molar-refractivity contribution in [3.63, 3.8) is 0 Å². The summed E-state index contributed by atoms with van der Waals surface area (Å²) in [6.07, 6.45) is 0. The highest BCUT2D eigenvalue weighted by atomic mass is 127. The molecule has 0 saturated heterocycles. The summed E-state index contributed by atoms with van der Waals surface area (Å²) in [7, 11) is 0. The first-order chi connectivity index (χ1) is 11.4. The standard InChI is InChI=1S/C17H9Cl2FINO2/c18-9-1-3-12(19)11(7-9)15-5-6-16(24-15)17(23)22-14-4-2-10(21)8-13(14)20/h1-8H,(H,22,23). The number of hydrogen-bond acceptors (Lipinski definition) is 2. The van der Waals surface area contributed by atoms with Gasteiger partial charge in [-0.3, -0.25) is 4.79 Å². The van der Waals surface area contributed by atoms with Crippen molar-refractivity contribution in [2.75, 3.05) is 5.32 Å². The normalized spacial score (nSPS) is 10.7. The van der Waals surface area contributed by atoms with Gasteiger partial charge in [0, 0.05) is 14.2 Å². The van der Waals surface area contributed by atoms with Crippen LogP contribution in [0.5, 0.6) is 0 Å². The van der Waals surface area contributed by atoms with E-state index in [1.807, 2.05) is 22.6 Å². The maximum absolute atomic E-state index is 13.8. The van der Waals surface area contributed by atoms with Gasteiger partial charge < -0.3 is 9.73 Å². The van der Waals surface area contributed by atoms with E-state index in [1.54, 1.807) is 30.3 Å². The quantitative estimate of drug-likeness (QED) is 0.455. The van der Waals surface area contributed by atoms with Gasteiger partial charge in [-0.25, -0.2) is 4.39 Å². The fraction of sp³-hybridized carbons (Fsp3) is 0. The van der Waals surface area contributed by atoms with Crippen molar-refractivity contribution >= 4 is 57.4 Å². The van der Waals surface area contributed by atoms with E-state index in [9.17, 15) is 9.18 Å². The monoisotopic (exact) mass is 475 g/mol. The van der Waals surface area contributed by atoms with E-state index in [0.717, 1.165) is 3.57 Å². The van der Waals surface area contributed by atoms with E-state index in [4.69, 9.17) is 27.6 Å². The number of anilines is 1. The Morgan fingerprint density at radius 2 is 1.88 bits per heavy atom. The van der Waals surface area contributed by atoms with Crippen molar-refractivity contribution in [1.82, 2.24) is 0 Å². The molecule has 0 aliphatic rings. The van der Waals surface area contributed by atoms with Gasteiger partial charge in [0.15, 0.2) is 5.76 Å². The van der Waals surface area contributed by atoms with Crippen LogP contribution in [0, 0.1) is 9.39 Å². The summed E-state index contributed by atoms with van der Waals surface area (Å²) in [5, 5.41) is 3.42. The molecule has 3 rings (SSSR count). The van der Waals surface area contributed by atoms with Crippen LogP contribution in [-0.4, -0.2) is 5.91 Å². The third-order valence-corrected chi connectivity index (χ3v) is 4.44. The lowest BCUT2D eigenvalue weighted by Gasteiger charge is -2.05. The third-order valence-electron chi connectivity index (χ3n) is 3.20. The summed E-state index contributed by atoms with van der Waals surface area (Å²) in [4.78, 5) is 12.2. The second kappa shape index (κ2) is 7.13. The van der Waals surface area contributed by atoms with E-state index in [-0.39, 0.29) is 11.4 Å². The summed E-state index contributed by atoms with van der Waals surface area (Å²) in [6.45, 7) is 0. The maximum Gasteiger partial charge on any atom is 0.291 e. The van der Waals surface area contributed by atoms with Crippen LogP contribution >= 0.6 is 45.8 Å². The molecule has 3 aromatic rings. The first-order valence-electron chi connectivity index (χ1n) is 6.76. The number of furan rings is 1. The van der Waals surface area contributed by atoms with E-state index < -0.39 is 11.7 Å². The minimum atomic E-state index is -0.556. The molecule has 0 saturated carbocycles. The largest absolute Gasteiger partial charge is 0.451 e. The molecule has 24 heavy (non-hydrogen) atoms. The SMILES string of the molecule is O=C(Nc1ccc(I)cc1F)c1ccc(-c2cc(Cl)ccc2Cl)o1. The predicted octanol–water partition coefficient (Wildman–Crippen LogP) is 6.25. The minimum absolute atomic E-state index is 0.0407. The molecule has 1 heterocycles. The lowest BCUT2D eigenvalue weighted by molar-refractivity contribution is 0.0997. The zero-order valence-electron chi connectivity index (χ0n) is 11.9. The van der Waals surface area contributed by atoms with Gasteiger partial charge >= 0.3 is 0 Å². The van der Waals surface area contributed by atoms with Crippen LogP contribution in [0.25, 0.3) is 11.3 Å². The maximum atomic E-state index is 13.8.